The Balaban J connectivity index is 1.67. The first kappa shape index (κ1) is 17.0. The van der Waals surface area contributed by atoms with Gasteiger partial charge in [-0.05, 0) is 32.4 Å². The number of hydrogen-bond acceptors (Lipinski definition) is 3. The molecule has 7 heteroatoms. The minimum Gasteiger partial charge on any atom is -0.481 e. The molecule has 1 aliphatic rings. The van der Waals surface area contributed by atoms with E-state index in [2.05, 4.69) is 10.4 Å². The van der Waals surface area contributed by atoms with Gasteiger partial charge in [-0.2, -0.15) is 5.10 Å². The van der Waals surface area contributed by atoms with Crippen molar-refractivity contribution in [2.45, 2.75) is 26.8 Å². The number of aromatic nitrogens is 2. The Bertz CT molecular complexity index is 785. The average molecular weight is 342 g/mol. The van der Waals surface area contributed by atoms with Crippen molar-refractivity contribution in [3.63, 3.8) is 0 Å². The van der Waals surface area contributed by atoms with Crippen molar-refractivity contribution >= 4 is 12.0 Å². The highest BCUT2D eigenvalue weighted by Gasteiger charge is 2.30. The maximum atomic E-state index is 12.3. The Morgan fingerprint density at radius 3 is 2.64 bits per heavy atom. The number of para-hydroxylation sites is 1. The molecule has 0 aliphatic carbocycles. The standard InChI is InChI=1S/C18H22N4O3/c1-12-16(13(2)22(20-12)15-6-4-3-5-7-15)10-19-18(25)21-9-8-14(11-21)17(23)24/h3-7,14H,8-11H2,1-2H3,(H,19,25)(H,23,24). The van der Waals surface area contributed by atoms with Gasteiger partial charge in [-0.1, -0.05) is 18.2 Å². The minimum atomic E-state index is -0.842. The fourth-order valence-corrected chi connectivity index (χ4v) is 3.17. The monoisotopic (exact) mass is 342 g/mol. The molecule has 2 amide bonds. The molecule has 1 aromatic carbocycles. The molecule has 132 valence electrons. The van der Waals surface area contributed by atoms with E-state index in [0.29, 0.717) is 19.5 Å². The molecule has 1 atom stereocenters. The van der Waals surface area contributed by atoms with Crippen LogP contribution in [0.15, 0.2) is 30.3 Å². The fourth-order valence-electron chi connectivity index (χ4n) is 3.17. The van der Waals surface area contributed by atoms with Crippen LogP contribution in [-0.2, 0) is 11.3 Å². The minimum absolute atomic E-state index is 0.227. The fraction of sp³-hybridized carbons (Fsp3) is 0.389. The van der Waals surface area contributed by atoms with Crippen molar-refractivity contribution in [1.29, 1.82) is 0 Å². The maximum absolute atomic E-state index is 12.3. The van der Waals surface area contributed by atoms with Crippen LogP contribution in [0.2, 0.25) is 0 Å². The summed E-state index contributed by atoms with van der Waals surface area (Å²) >= 11 is 0. The van der Waals surface area contributed by atoms with E-state index in [1.807, 2.05) is 48.9 Å². The van der Waals surface area contributed by atoms with Crippen LogP contribution in [0.5, 0.6) is 0 Å². The normalized spacial score (nSPS) is 16.9. The van der Waals surface area contributed by atoms with Crippen LogP contribution >= 0.6 is 0 Å². The number of carbonyl (C=O) groups is 2. The number of urea groups is 1. The number of aryl methyl sites for hydroxylation is 1. The third-order valence-corrected chi connectivity index (χ3v) is 4.68. The van der Waals surface area contributed by atoms with E-state index in [1.54, 1.807) is 4.90 Å². The van der Waals surface area contributed by atoms with E-state index in [0.717, 1.165) is 22.6 Å². The first-order valence-corrected chi connectivity index (χ1v) is 8.33. The van der Waals surface area contributed by atoms with Gasteiger partial charge in [-0.25, -0.2) is 9.48 Å². The Morgan fingerprint density at radius 2 is 2.00 bits per heavy atom. The molecule has 0 bridgehead atoms. The molecule has 2 heterocycles. The lowest BCUT2D eigenvalue weighted by Crippen LogP contribution is -2.38. The molecular formula is C18H22N4O3. The number of benzene rings is 1. The van der Waals surface area contributed by atoms with E-state index in [-0.39, 0.29) is 12.6 Å². The Morgan fingerprint density at radius 1 is 1.28 bits per heavy atom. The lowest BCUT2D eigenvalue weighted by Gasteiger charge is -2.17. The predicted octanol–water partition coefficient (Wildman–Crippen LogP) is 2.11. The van der Waals surface area contributed by atoms with E-state index in [4.69, 9.17) is 5.11 Å². The topological polar surface area (TPSA) is 87.5 Å². The number of nitrogens with one attached hydrogen (secondary N) is 1. The van der Waals surface area contributed by atoms with Gasteiger partial charge in [0.1, 0.15) is 0 Å². The summed E-state index contributed by atoms with van der Waals surface area (Å²) in [6, 6.07) is 9.61. The Kier molecular flexibility index (Phi) is 4.74. The van der Waals surface area contributed by atoms with Crippen LogP contribution in [0.1, 0.15) is 23.4 Å². The quantitative estimate of drug-likeness (QED) is 0.891. The van der Waals surface area contributed by atoms with Gasteiger partial charge in [0, 0.05) is 30.9 Å². The summed E-state index contributed by atoms with van der Waals surface area (Å²) in [5.74, 6) is -1.30. The van der Waals surface area contributed by atoms with Gasteiger partial charge < -0.3 is 15.3 Å². The van der Waals surface area contributed by atoms with E-state index in [1.165, 1.54) is 0 Å². The summed E-state index contributed by atoms with van der Waals surface area (Å²) in [5, 5.41) is 16.5. The number of amides is 2. The van der Waals surface area contributed by atoms with Crippen LogP contribution in [0.4, 0.5) is 4.79 Å². The highest BCUT2D eigenvalue weighted by molar-refractivity contribution is 5.77. The third-order valence-electron chi connectivity index (χ3n) is 4.68. The summed E-state index contributed by atoms with van der Waals surface area (Å²) < 4.78 is 1.87. The summed E-state index contributed by atoms with van der Waals surface area (Å²) in [5.41, 5.74) is 3.80. The van der Waals surface area contributed by atoms with E-state index >= 15 is 0 Å². The second-order valence-corrected chi connectivity index (χ2v) is 6.33. The molecule has 0 radical (unpaired) electrons. The number of nitrogens with zero attached hydrogens (tertiary/aromatic N) is 3. The van der Waals surface area contributed by atoms with Gasteiger partial charge in [0.15, 0.2) is 0 Å². The summed E-state index contributed by atoms with van der Waals surface area (Å²) in [6.45, 7) is 5.01. The smallest absolute Gasteiger partial charge is 0.317 e. The van der Waals surface area contributed by atoms with Crippen LogP contribution < -0.4 is 5.32 Å². The van der Waals surface area contributed by atoms with Crippen molar-refractivity contribution in [3.05, 3.63) is 47.3 Å². The third kappa shape index (κ3) is 3.50. The van der Waals surface area contributed by atoms with Gasteiger partial charge in [-0.3, -0.25) is 4.79 Å². The zero-order valence-electron chi connectivity index (χ0n) is 14.4. The van der Waals surface area contributed by atoms with E-state index in [9.17, 15) is 9.59 Å². The number of hydrogen-bond donors (Lipinski definition) is 2. The molecule has 7 nitrogen and oxygen atoms in total. The molecular weight excluding hydrogens is 320 g/mol. The number of carboxylic acid groups (broad SMARTS) is 1. The molecule has 1 unspecified atom stereocenters. The van der Waals surface area contributed by atoms with Crippen molar-refractivity contribution in [2.24, 2.45) is 5.92 Å². The van der Waals surface area contributed by atoms with Crippen molar-refractivity contribution in [1.82, 2.24) is 20.0 Å². The van der Waals surface area contributed by atoms with Gasteiger partial charge in [0.2, 0.25) is 0 Å². The molecule has 25 heavy (non-hydrogen) atoms. The Labute approximate surface area is 146 Å². The van der Waals surface area contributed by atoms with Crippen LogP contribution in [0.3, 0.4) is 0 Å². The molecule has 3 rings (SSSR count). The van der Waals surface area contributed by atoms with Gasteiger partial charge in [-0.15, -0.1) is 0 Å². The zero-order valence-corrected chi connectivity index (χ0v) is 14.4. The Hall–Kier alpha value is -2.83. The van der Waals surface area contributed by atoms with Crippen LogP contribution in [0.25, 0.3) is 5.69 Å². The maximum Gasteiger partial charge on any atom is 0.317 e. The van der Waals surface area contributed by atoms with Gasteiger partial charge in [0.25, 0.3) is 0 Å². The lowest BCUT2D eigenvalue weighted by atomic mass is 10.1. The SMILES string of the molecule is Cc1nn(-c2ccccc2)c(C)c1CNC(=O)N1CCC(C(=O)O)C1. The lowest BCUT2D eigenvalue weighted by molar-refractivity contribution is -0.141. The molecule has 1 saturated heterocycles. The summed E-state index contributed by atoms with van der Waals surface area (Å²) in [4.78, 5) is 24.8. The molecule has 1 aliphatic heterocycles. The number of carbonyl (C=O) groups excluding carboxylic acids is 1. The molecule has 2 aromatic rings. The number of carboxylic acids is 1. The highest BCUT2D eigenvalue weighted by atomic mass is 16.4. The van der Waals surface area contributed by atoms with E-state index < -0.39 is 11.9 Å². The molecule has 0 spiro atoms. The number of aliphatic carboxylic acids is 1. The molecule has 2 N–H and O–H groups in total. The number of rotatable bonds is 4. The first-order valence-electron chi connectivity index (χ1n) is 8.33. The number of likely N-dealkylation sites (tertiary alicyclic amines) is 1. The largest absolute Gasteiger partial charge is 0.481 e. The van der Waals surface area contributed by atoms with Gasteiger partial charge >= 0.3 is 12.0 Å². The summed E-state index contributed by atoms with van der Waals surface area (Å²) in [7, 11) is 0. The van der Waals surface area contributed by atoms with Crippen LogP contribution in [0, 0.1) is 19.8 Å². The van der Waals surface area contributed by atoms with Crippen molar-refractivity contribution < 1.29 is 14.7 Å². The molecule has 0 saturated carbocycles. The zero-order chi connectivity index (χ0) is 18.0. The second kappa shape index (κ2) is 6.96. The van der Waals surface area contributed by atoms with Crippen molar-refractivity contribution in [2.75, 3.05) is 13.1 Å². The average Bonchev–Trinajstić information content (AvgIpc) is 3.20. The van der Waals surface area contributed by atoms with Crippen molar-refractivity contribution in [3.8, 4) is 5.69 Å². The molecule has 1 fully saturated rings. The first-order chi connectivity index (χ1) is 12.0. The summed E-state index contributed by atoms with van der Waals surface area (Å²) in [6.07, 6.45) is 0.507. The molecule has 1 aromatic heterocycles. The predicted molar refractivity (Wildman–Crippen MR) is 92.6 cm³/mol. The van der Waals surface area contributed by atoms with Gasteiger partial charge in [0.05, 0.1) is 17.3 Å². The second-order valence-electron chi connectivity index (χ2n) is 6.33. The van der Waals surface area contributed by atoms with Crippen LogP contribution in [-0.4, -0.2) is 44.9 Å². The highest BCUT2D eigenvalue weighted by Crippen LogP contribution is 2.19.